The molecule has 2 amide bonds. The van der Waals surface area contributed by atoms with Crippen LogP contribution in [0.25, 0.3) is 11.0 Å². The highest BCUT2D eigenvalue weighted by Gasteiger charge is 2.13. The first-order valence-electron chi connectivity index (χ1n) is 6.47. The maximum Gasteiger partial charge on any atom is 0.316 e. The number of nitriles is 1. The summed E-state index contributed by atoms with van der Waals surface area (Å²) in [5.41, 5.74) is 2.02. The van der Waals surface area contributed by atoms with Crippen LogP contribution in [-0.4, -0.2) is 41.1 Å². The lowest BCUT2D eigenvalue weighted by Crippen LogP contribution is -2.36. The van der Waals surface area contributed by atoms with E-state index < -0.39 is 0 Å². The molecule has 0 aliphatic rings. The number of aromatic nitrogens is 2. The van der Waals surface area contributed by atoms with Gasteiger partial charge in [0.25, 0.3) is 0 Å². The Morgan fingerprint density at radius 3 is 2.90 bits per heavy atom. The van der Waals surface area contributed by atoms with Crippen molar-refractivity contribution in [1.29, 1.82) is 5.26 Å². The van der Waals surface area contributed by atoms with E-state index in [0.29, 0.717) is 30.0 Å². The number of nitrogens with one attached hydrogen (secondary N) is 1. The number of carbonyl (C=O) groups is 1. The van der Waals surface area contributed by atoms with Crippen molar-refractivity contribution in [3.8, 4) is 6.07 Å². The molecule has 7 heteroatoms. The van der Waals surface area contributed by atoms with Crippen LogP contribution < -0.4 is 5.32 Å². The van der Waals surface area contributed by atoms with Crippen molar-refractivity contribution in [3.63, 3.8) is 0 Å². The number of rotatable bonds is 4. The first kappa shape index (κ1) is 15.1. The second-order valence-electron chi connectivity index (χ2n) is 4.72. The van der Waals surface area contributed by atoms with Gasteiger partial charge in [-0.05, 0) is 12.1 Å². The van der Waals surface area contributed by atoms with Crippen LogP contribution in [0.2, 0.25) is 0 Å². The zero-order valence-electron chi connectivity index (χ0n) is 11.9. The summed E-state index contributed by atoms with van der Waals surface area (Å²) in [5.74, 6) is 0.940. The SMILES string of the molecule is CN(C)C(=O)NCCn1c(CCl)nc2c(C#N)cccc21. The monoisotopic (exact) mass is 305 g/mol. The smallest absolute Gasteiger partial charge is 0.316 e. The predicted molar refractivity (Wildman–Crippen MR) is 81.1 cm³/mol. The predicted octanol–water partition coefficient (Wildman–Crippen LogP) is 1.92. The Balaban J connectivity index is 2.27. The van der Waals surface area contributed by atoms with E-state index in [9.17, 15) is 4.79 Å². The second-order valence-corrected chi connectivity index (χ2v) is 4.99. The molecule has 0 bridgehead atoms. The van der Waals surface area contributed by atoms with E-state index in [0.717, 1.165) is 5.52 Å². The normalized spacial score (nSPS) is 10.4. The third kappa shape index (κ3) is 3.09. The second kappa shape index (κ2) is 6.46. The minimum absolute atomic E-state index is 0.149. The van der Waals surface area contributed by atoms with Crippen LogP contribution in [0.1, 0.15) is 11.4 Å². The molecule has 2 rings (SSSR count). The molecular formula is C14H16ClN5O. The van der Waals surface area contributed by atoms with Crippen LogP contribution in [-0.2, 0) is 12.4 Å². The molecule has 1 aromatic carbocycles. The maximum atomic E-state index is 11.5. The average Bonchev–Trinajstić information content (AvgIpc) is 2.85. The summed E-state index contributed by atoms with van der Waals surface area (Å²) in [6.45, 7) is 1.01. The Labute approximate surface area is 127 Å². The molecule has 21 heavy (non-hydrogen) atoms. The molecule has 1 aromatic heterocycles. The molecule has 1 heterocycles. The molecule has 0 atom stereocenters. The van der Waals surface area contributed by atoms with Crippen LogP contribution in [0, 0.1) is 11.3 Å². The van der Waals surface area contributed by atoms with Gasteiger partial charge in [0.05, 0.1) is 17.0 Å². The van der Waals surface area contributed by atoms with Gasteiger partial charge < -0.3 is 14.8 Å². The number of benzene rings is 1. The fourth-order valence-electron chi connectivity index (χ4n) is 2.07. The van der Waals surface area contributed by atoms with E-state index in [-0.39, 0.29) is 11.9 Å². The molecule has 0 fully saturated rings. The van der Waals surface area contributed by atoms with Crippen molar-refractivity contribution in [2.45, 2.75) is 12.4 Å². The molecule has 0 aliphatic heterocycles. The zero-order chi connectivity index (χ0) is 15.4. The molecule has 2 aromatic rings. The lowest BCUT2D eigenvalue weighted by molar-refractivity contribution is 0.217. The Bertz CT molecular complexity index is 701. The van der Waals surface area contributed by atoms with Crippen molar-refractivity contribution in [2.24, 2.45) is 0 Å². The molecule has 0 spiro atoms. The maximum absolute atomic E-state index is 11.5. The summed E-state index contributed by atoms with van der Waals surface area (Å²) in [6.07, 6.45) is 0. The third-order valence-electron chi connectivity index (χ3n) is 3.12. The number of hydrogen-bond acceptors (Lipinski definition) is 3. The number of carbonyl (C=O) groups excluding carboxylic acids is 1. The van der Waals surface area contributed by atoms with Crippen LogP contribution in [0.4, 0.5) is 4.79 Å². The molecule has 0 unspecified atom stereocenters. The van der Waals surface area contributed by atoms with Gasteiger partial charge in [-0.2, -0.15) is 5.26 Å². The number of hydrogen-bond donors (Lipinski definition) is 1. The summed E-state index contributed by atoms with van der Waals surface area (Å²) in [5, 5.41) is 11.9. The summed E-state index contributed by atoms with van der Waals surface area (Å²) < 4.78 is 1.93. The summed E-state index contributed by atoms with van der Waals surface area (Å²) in [7, 11) is 3.37. The van der Waals surface area contributed by atoms with Crippen LogP contribution in [0.5, 0.6) is 0 Å². The van der Waals surface area contributed by atoms with Crippen LogP contribution >= 0.6 is 11.6 Å². The number of urea groups is 1. The van der Waals surface area contributed by atoms with E-state index in [2.05, 4.69) is 16.4 Å². The molecule has 0 saturated heterocycles. The lowest BCUT2D eigenvalue weighted by Gasteiger charge is -2.13. The lowest BCUT2D eigenvalue weighted by atomic mass is 10.2. The largest absolute Gasteiger partial charge is 0.336 e. The van der Waals surface area contributed by atoms with Gasteiger partial charge in [-0.25, -0.2) is 9.78 Å². The van der Waals surface area contributed by atoms with E-state index in [1.54, 1.807) is 20.2 Å². The highest BCUT2D eigenvalue weighted by atomic mass is 35.5. The Kier molecular flexibility index (Phi) is 4.66. The van der Waals surface area contributed by atoms with Gasteiger partial charge in [-0.1, -0.05) is 6.07 Å². The fraction of sp³-hybridized carbons (Fsp3) is 0.357. The van der Waals surface area contributed by atoms with Crippen LogP contribution in [0.15, 0.2) is 18.2 Å². The standard InChI is InChI=1S/C14H16ClN5O/c1-19(2)14(21)17-6-7-20-11-5-3-4-10(9-16)13(11)18-12(20)8-15/h3-5H,6-8H2,1-2H3,(H,17,21). The molecule has 110 valence electrons. The molecule has 0 aliphatic carbocycles. The number of nitrogens with zero attached hydrogens (tertiary/aromatic N) is 4. The number of halogens is 1. The van der Waals surface area contributed by atoms with Crippen molar-refractivity contribution in [1.82, 2.24) is 19.8 Å². The van der Waals surface area contributed by atoms with Gasteiger partial charge in [0.2, 0.25) is 0 Å². The van der Waals surface area contributed by atoms with Gasteiger partial charge in [0.15, 0.2) is 0 Å². The number of alkyl halides is 1. The zero-order valence-corrected chi connectivity index (χ0v) is 12.7. The third-order valence-corrected chi connectivity index (χ3v) is 3.35. The van der Waals surface area contributed by atoms with Gasteiger partial charge >= 0.3 is 6.03 Å². The van der Waals surface area contributed by atoms with Gasteiger partial charge in [-0.3, -0.25) is 0 Å². The van der Waals surface area contributed by atoms with Crippen molar-refractivity contribution in [2.75, 3.05) is 20.6 Å². The van der Waals surface area contributed by atoms with E-state index in [1.807, 2.05) is 16.7 Å². The van der Waals surface area contributed by atoms with E-state index >= 15 is 0 Å². The quantitative estimate of drug-likeness (QED) is 0.877. The number of imidazole rings is 1. The molecule has 0 radical (unpaired) electrons. The van der Waals surface area contributed by atoms with Crippen molar-refractivity contribution >= 4 is 28.7 Å². The number of amides is 2. The van der Waals surface area contributed by atoms with Crippen LogP contribution in [0.3, 0.4) is 0 Å². The summed E-state index contributed by atoms with van der Waals surface area (Å²) >= 11 is 5.93. The molecule has 6 nitrogen and oxygen atoms in total. The first-order chi connectivity index (χ1) is 10.1. The molecule has 0 saturated carbocycles. The van der Waals surface area contributed by atoms with Gasteiger partial charge in [0.1, 0.15) is 17.4 Å². The van der Waals surface area contributed by atoms with Gasteiger partial charge in [-0.15, -0.1) is 11.6 Å². The minimum Gasteiger partial charge on any atom is -0.336 e. The Morgan fingerprint density at radius 2 is 2.29 bits per heavy atom. The Morgan fingerprint density at radius 1 is 1.52 bits per heavy atom. The van der Waals surface area contributed by atoms with Gasteiger partial charge in [0, 0.05) is 27.2 Å². The fourth-order valence-corrected chi connectivity index (χ4v) is 2.27. The number of fused-ring (bicyclic) bond motifs is 1. The van der Waals surface area contributed by atoms with Crippen molar-refractivity contribution < 1.29 is 4.79 Å². The molecule has 1 N–H and O–H groups in total. The number of para-hydroxylation sites is 1. The first-order valence-corrected chi connectivity index (χ1v) is 7.01. The topological polar surface area (TPSA) is 74.0 Å². The summed E-state index contributed by atoms with van der Waals surface area (Å²) in [6, 6.07) is 7.42. The molecular weight excluding hydrogens is 290 g/mol. The highest BCUT2D eigenvalue weighted by molar-refractivity contribution is 6.16. The van der Waals surface area contributed by atoms with E-state index in [4.69, 9.17) is 16.9 Å². The highest BCUT2D eigenvalue weighted by Crippen LogP contribution is 2.20. The van der Waals surface area contributed by atoms with Crippen molar-refractivity contribution in [3.05, 3.63) is 29.6 Å². The minimum atomic E-state index is -0.149. The Hall–Kier alpha value is -2.26. The summed E-state index contributed by atoms with van der Waals surface area (Å²) in [4.78, 5) is 17.4. The average molecular weight is 306 g/mol. The van der Waals surface area contributed by atoms with E-state index in [1.165, 1.54) is 4.90 Å².